The van der Waals surface area contributed by atoms with E-state index in [1.165, 1.54) is 12.4 Å². The number of fused-ring (bicyclic) bond motifs is 1. The van der Waals surface area contributed by atoms with Crippen molar-refractivity contribution in [2.24, 2.45) is 5.92 Å². The summed E-state index contributed by atoms with van der Waals surface area (Å²) in [7, 11) is 0. The topological polar surface area (TPSA) is 82.1 Å². The van der Waals surface area contributed by atoms with Crippen LogP contribution in [0.4, 0.5) is 14.5 Å². The Morgan fingerprint density at radius 1 is 1.15 bits per heavy atom. The number of piperidine rings is 1. The number of imidazole rings is 1. The first kappa shape index (κ1) is 21.3. The molecular formula is C24H19ClF2N4O2. The van der Waals surface area contributed by atoms with Crippen molar-refractivity contribution >= 4 is 34.2 Å². The Morgan fingerprint density at radius 3 is 2.82 bits per heavy atom. The second-order valence-corrected chi connectivity index (χ2v) is 8.50. The molecule has 0 aliphatic carbocycles. The fourth-order valence-corrected chi connectivity index (χ4v) is 4.45. The molecule has 1 atom stereocenters. The number of rotatable bonds is 4. The van der Waals surface area contributed by atoms with Crippen molar-refractivity contribution in [3.05, 3.63) is 65.6 Å². The van der Waals surface area contributed by atoms with Gasteiger partial charge in [0.05, 0.1) is 46.1 Å². The molecule has 0 bridgehead atoms. The number of H-pyrrole nitrogens is 1. The number of aliphatic carboxylic acids is 1. The molecule has 0 amide bonds. The molecule has 1 aliphatic rings. The average Bonchev–Trinajstić information content (AvgIpc) is 3.30. The average molecular weight is 469 g/mol. The summed E-state index contributed by atoms with van der Waals surface area (Å²) >= 11 is 5.87. The highest BCUT2D eigenvalue weighted by Crippen LogP contribution is 2.35. The number of hydrogen-bond acceptors (Lipinski definition) is 4. The highest BCUT2D eigenvalue weighted by Gasteiger charge is 2.26. The molecule has 1 fully saturated rings. The van der Waals surface area contributed by atoms with Crippen molar-refractivity contribution in [3.63, 3.8) is 0 Å². The minimum absolute atomic E-state index is 0.119. The van der Waals surface area contributed by atoms with E-state index in [2.05, 4.69) is 15.0 Å². The van der Waals surface area contributed by atoms with E-state index >= 15 is 0 Å². The van der Waals surface area contributed by atoms with Gasteiger partial charge in [0.25, 0.3) is 0 Å². The number of nitrogens with one attached hydrogen (secondary N) is 1. The highest BCUT2D eigenvalue weighted by atomic mass is 35.5. The van der Waals surface area contributed by atoms with Crippen molar-refractivity contribution in [3.8, 4) is 22.5 Å². The van der Waals surface area contributed by atoms with Crippen molar-refractivity contribution in [2.45, 2.75) is 12.8 Å². The van der Waals surface area contributed by atoms with E-state index in [4.69, 9.17) is 11.6 Å². The molecule has 6 nitrogen and oxygen atoms in total. The van der Waals surface area contributed by atoms with E-state index in [0.29, 0.717) is 24.4 Å². The number of pyridine rings is 1. The zero-order valence-electron chi connectivity index (χ0n) is 17.4. The van der Waals surface area contributed by atoms with Crippen LogP contribution in [-0.2, 0) is 4.79 Å². The van der Waals surface area contributed by atoms with Gasteiger partial charge >= 0.3 is 5.97 Å². The molecule has 33 heavy (non-hydrogen) atoms. The van der Waals surface area contributed by atoms with Crippen LogP contribution in [0.5, 0.6) is 0 Å². The number of halogens is 3. The summed E-state index contributed by atoms with van der Waals surface area (Å²) in [5.74, 6) is -2.75. The third-order valence-corrected chi connectivity index (χ3v) is 6.28. The summed E-state index contributed by atoms with van der Waals surface area (Å²) in [6.07, 6.45) is 4.67. The van der Waals surface area contributed by atoms with Gasteiger partial charge in [-0.3, -0.25) is 9.78 Å². The van der Waals surface area contributed by atoms with E-state index in [1.807, 2.05) is 29.2 Å². The first-order valence-electron chi connectivity index (χ1n) is 10.5. The van der Waals surface area contributed by atoms with E-state index in [0.717, 1.165) is 41.2 Å². The summed E-state index contributed by atoms with van der Waals surface area (Å²) in [6.45, 7) is 1.21. The van der Waals surface area contributed by atoms with Crippen LogP contribution in [0.25, 0.3) is 33.4 Å². The molecule has 2 aromatic carbocycles. The fourth-order valence-electron chi connectivity index (χ4n) is 4.29. The number of nitrogens with zero attached hydrogens (tertiary/aromatic N) is 3. The molecule has 3 heterocycles. The normalized spacial score (nSPS) is 16.3. The zero-order chi connectivity index (χ0) is 23.1. The maximum absolute atomic E-state index is 14.5. The van der Waals surface area contributed by atoms with Gasteiger partial charge in [-0.2, -0.15) is 0 Å². The molecule has 2 N–H and O–H groups in total. The second-order valence-electron chi connectivity index (χ2n) is 8.10. The van der Waals surface area contributed by atoms with E-state index in [-0.39, 0.29) is 10.6 Å². The molecule has 1 saturated heterocycles. The van der Waals surface area contributed by atoms with Gasteiger partial charge in [-0.25, -0.2) is 13.8 Å². The number of aromatic amines is 1. The van der Waals surface area contributed by atoms with Crippen molar-refractivity contribution < 1.29 is 18.7 Å². The van der Waals surface area contributed by atoms with Gasteiger partial charge in [-0.05, 0) is 37.1 Å². The van der Waals surface area contributed by atoms with Crippen LogP contribution in [0.2, 0.25) is 5.02 Å². The van der Waals surface area contributed by atoms with Gasteiger partial charge in [0.2, 0.25) is 0 Å². The predicted octanol–water partition coefficient (Wildman–Crippen LogP) is 5.52. The third kappa shape index (κ3) is 4.02. The number of carboxylic acid groups (broad SMARTS) is 1. The van der Waals surface area contributed by atoms with Gasteiger partial charge in [0.15, 0.2) is 0 Å². The van der Waals surface area contributed by atoms with Crippen molar-refractivity contribution in [1.82, 2.24) is 15.0 Å². The minimum Gasteiger partial charge on any atom is -0.481 e. The van der Waals surface area contributed by atoms with E-state index in [1.54, 1.807) is 6.20 Å². The Bertz CT molecular complexity index is 1370. The summed E-state index contributed by atoms with van der Waals surface area (Å²) in [5, 5.41) is 10.0. The summed E-state index contributed by atoms with van der Waals surface area (Å²) in [4.78, 5) is 25.3. The number of benzene rings is 2. The van der Waals surface area contributed by atoms with Gasteiger partial charge in [0.1, 0.15) is 11.6 Å². The van der Waals surface area contributed by atoms with Crippen molar-refractivity contribution in [2.75, 3.05) is 18.0 Å². The van der Waals surface area contributed by atoms with Gasteiger partial charge in [-0.1, -0.05) is 17.7 Å². The van der Waals surface area contributed by atoms with Crippen LogP contribution >= 0.6 is 11.6 Å². The molecule has 168 valence electrons. The predicted molar refractivity (Wildman–Crippen MR) is 122 cm³/mol. The number of carboxylic acids is 1. The molecule has 2 aromatic heterocycles. The van der Waals surface area contributed by atoms with E-state index in [9.17, 15) is 18.7 Å². The first-order valence-corrected chi connectivity index (χ1v) is 10.8. The SMILES string of the molecule is O=C(O)[C@@H]1CCCN(c2cnc3ccc(-c4nc[nH]c4-c4cc(Cl)c(F)cc4F)cc3c2)C1. The van der Waals surface area contributed by atoms with E-state index < -0.39 is 23.5 Å². The van der Waals surface area contributed by atoms with Crippen molar-refractivity contribution in [1.29, 1.82) is 0 Å². The highest BCUT2D eigenvalue weighted by molar-refractivity contribution is 6.31. The van der Waals surface area contributed by atoms with Gasteiger partial charge in [0, 0.05) is 35.7 Å². The third-order valence-electron chi connectivity index (χ3n) is 5.99. The number of anilines is 1. The summed E-state index contributed by atoms with van der Waals surface area (Å²) in [5.41, 5.74) is 3.34. The minimum atomic E-state index is -0.828. The lowest BCUT2D eigenvalue weighted by Crippen LogP contribution is -2.38. The molecule has 1 aliphatic heterocycles. The Kier molecular flexibility index (Phi) is 5.46. The van der Waals surface area contributed by atoms with Crippen LogP contribution in [0.15, 0.2) is 48.9 Å². The summed E-state index contributed by atoms with van der Waals surface area (Å²) < 4.78 is 28.1. The monoisotopic (exact) mass is 468 g/mol. The van der Waals surface area contributed by atoms with Crippen LogP contribution < -0.4 is 4.90 Å². The van der Waals surface area contributed by atoms with Crippen LogP contribution in [0.3, 0.4) is 0 Å². The van der Waals surface area contributed by atoms with Gasteiger partial charge in [-0.15, -0.1) is 0 Å². The first-order chi connectivity index (χ1) is 15.9. The van der Waals surface area contributed by atoms with Crippen LogP contribution in [0.1, 0.15) is 12.8 Å². The Labute approximate surface area is 192 Å². The zero-order valence-corrected chi connectivity index (χ0v) is 18.1. The lowest BCUT2D eigenvalue weighted by atomic mass is 9.97. The number of aromatic nitrogens is 3. The Balaban J connectivity index is 1.53. The molecule has 5 rings (SSSR count). The number of carbonyl (C=O) groups is 1. The lowest BCUT2D eigenvalue weighted by Gasteiger charge is -2.32. The molecule has 4 aromatic rings. The molecule has 0 spiro atoms. The molecular weight excluding hydrogens is 450 g/mol. The van der Waals surface area contributed by atoms with Crippen LogP contribution in [0, 0.1) is 17.6 Å². The fraction of sp³-hybridized carbons (Fsp3) is 0.208. The summed E-state index contributed by atoms with van der Waals surface area (Å²) in [6, 6.07) is 9.53. The maximum Gasteiger partial charge on any atom is 0.308 e. The molecule has 9 heteroatoms. The van der Waals surface area contributed by atoms with Crippen LogP contribution in [-0.4, -0.2) is 39.1 Å². The standard InChI is InChI=1S/C24H19ClF2N4O2/c25-18-8-17(19(26)9-20(18)27)23-22(29-12-30-23)13-3-4-21-15(6-13)7-16(10-28-21)31-5-1-2-14(11-31)24(32)33/h3-4,6-10,12,14H,1-2,5,11H2,(H,29,30)(H,32,33)/t14-/m1/s1. The maximum atomic E-state index is 14.5. The van der Waals surface area contributed by atoms with Gasteiger partial charge < -0.3 is 15.0 Å². The lowest BCUT2D eigenvalue weighted by molar-refractivity contribution is -0.141. The smallest absolute Gasteiger partial charge is 0.308 e. The Hall–Kier alpha value is -3.52. The molecule has 0 unspecified atom stereocenters. The molecule has 0 saturated carbocycles. The quantitative estimate of drug-likeness (QED) is 0.385. The number of hydrogen-bond donors (Lipinski definition) is 2. The largest absolute Gasteiger partial charge is 0.481 e. The Morgan fingerprint density at radius 2 is 2.00 bits per heavy atom. The molecule has 0 radical (unpaired) electrons. The second kappa shape index (κ2) is 8.44.